The molecule has 2 rings (SSSR count). The largest absolute Gasteiger partial charge is 0.310 e. The van der Waals surface area contributed by atoms with Crippen LogP contribution in [-0.2, 0) is 0 Å². The Labute approximate surface area is 118 Å². The molecule has 1 N–H and O–H groups in total. The second-order valence-electron chi connectivity index (χ2n) is 6.78. The highest BCUT2D eigenvalue weighted by Gasteiger charge is 2.40. The maximum Gasteiger partial charge on any atom is 0.0356 e. The van der Waals surface area contributed by atoms with E-state index in [1.807, 2.05) is 0 Å². The minimum Gasteiger partial charge on any atom is -0.310 e. The molecule has 19 heavy (non-hydrogen) atoms. The van der Waals surface area contributed by atoms with Crippen LogP contribution in [0.25, 0.3) is 0 Å². The van der Waals surface area contributed by atoms with Crippen LogP contribution >= 0.6 is 0 Å². The summed E-state index contributed by atoms with van der Waals surface area (Å²) in [6.07, 6.45) is 5.32. The third-order valence-electron chi connectivity index (χ3n) is 4.88. The van der Waals surface area contributed by atoms with E-state index in [1.54, 1.807) is 0 Å². The maximum absolute atomic E-state index is 3.82. The minimum atomic E-state index is 0.466. The van der Waals surface area contributed by atoms with E-state index in [2.05, 4.69) is 57.3 Å². The lowest BCUT2D eigenvalue weighted by atomic mass is 9.74. The zero-order chi connectivity index (χ0) is 13.9. The van der Waals surface area contributed by atoms with Crippen molar-refractivity contribution in [1.29, 1.82) is 0 Å². The van der Waals surface area contributed by atoms with Gasteiger partial charge in [-0.2, -0.15) is 0 Å². The number of aryl methyl sites for hydroxylation is 1. The Morgan fingerprint density at radius 1 is 1.32 bits per heavy atom. The maximum atomic E-state index is 3.82. The van der Waals surface area contributed by atoms with Gasteiger partial charge in [0.25, 0.3) is 0 Å². The van der Waals surface area contributed by atoms with Crippen molar-refractivity contribution in [1.82, 2.24) is 5.32 Å². The molecule has 1 aromatic rings. The molecule has 2 atom stereocenters. The van der Waals surface area contributed by atoms with Gasteiger partial charge in [-0.15, -0.1) is 0 Å². The molecule has 1 nitrogen and oxygen atoms in total. The summed E-state index contributed by atoms with van der Waals surface area (Å²) in [5, 5.41) is 3.82. The molecule has 2 unspecified atom stereocenters. The second-order valence-corrected chi connectivity index (χ2v) is 6.78. The number of hydrogen-bond donors (Lipinski definition) is 1. The van der Waals surface area contributed by atoms with Gasteiger partial charge in [0.1, 0.15) is 0 Å². The van der Waals surface area contributed by atoms with E-state index in [0.717, 1.165) is 12.5 Å². The molecule has 0 bridgehead atoms. The van der Waals surface area contributed by atoms with E-state index in [0.29, 0.717) is 11.5 Å². The lowest BCUT2D eigenvalue weighted by Gasteiger charge is -2.36. The fourth-order valence-corrected chi connectivity index (χ4v) is 3.68. The van der Waals surface area contributed by atoms with Gasteiger partial charge in [0.05, 0.1) is 0 Å². The summed E-state index contributed by atoms with van der Waals surface area (Å²) in [6, 6.07) is 9.42. The zero-order valence-corrected chi connectivity index (χ0v) is 13.0. The van der Waals surface area contributed by atoms with Crippen LogP contribution in [0.4, 0.5) is 0 Å². The van der Waals surface area contributed by atoms with Crippen molar-refractivity contribution in [3.05, 3.63) is 35.4 Å². The molecule has 1 aliphatic rings. The predicted octanol–water partition coefficient (Wildman–Crippen LogP) is 4.86. The average Bonchev–Trinajstić information content (AvgIpc) is 2.72. The Kier molecular flexibility index (Phi) is 4.67. The molecule has 0 aliphatic heterocycles. The van der Waals surface area contributed by atoms with Crippen LogP contribution in [0, 0.1) is 18.3 Å². The predicted molar refractivity (Wildman–Crippen MR) is 83.3 cm³/mol. The normalized spacial score (nSPS) is 23.5. The summed E-state index contributed by atoms with van der Waals surface area (Å²) in [5.74, 6) is 0.764. The van der Waals surface area contributed by atoms with Gasteiger partial charge in [-0.05, 0) is 55.2 Å². The first-order valence-electron chi connectivity index (χ1n) is 7.85. The van der Waals surface area contributed by atoms with Crippen LogP contribution in [0.1, 0.15) is 63.6 Å². The first kappa shape index (κ1) is 14.6. The minimum absolute atomic E-state index is 0.466. The van der Waals surface area contributed by atoms with Crippen LogP contribution in [0.2, 0.25) is 0 Å². The Bertz CT molecular complexity index is 408. The molecule has 0 saturated heterocycles. The molecule has 0 amide bonds. The highest BCUT2D eigenvalue weighted by molar-refractivity contribution is 5.30. The smallest absolute Gasteiger partial charge is 0.0356 e. The highest BCUT2D eigenvalue weighted by atomic mass is 14.9. The highest BCUT2D eigenvalue weighted by Crippen LogP contribution is 2.49. The number of nitrogens with one attached hydrogen (secondary N) is 1. The van der Waals surface area contributed by atoms with Crippen molar-refractivity contribution >= 4 is 0 Å². The van der Waals surface area contributed by atoms with Crippen molar-refractivity contribution in [2.24, 2.45) is 11.3 Å². The van der Waals surface area contributed by atoms with E-state index in [-0.39, 0.29) is 0 Å². The Morgan fingerprint density at radius 3 is 2.63 bits per heavy atom. The fourth-order valence-electron chi connectivity index (χ4n) is 3.68. The average molecular weight is 259 g/mol. The molecule has 1 aromatic carbocycles. The Balaban J connectivity index is 2.28. The van der Waals surface area contributed by atoms with Gasteiger partial charge in [-0.1, -0.05) is 51.5 Å². The van der Waals surface area contributed by atoms with Crippen molar-refractivity contribution in [2.45, 2.75) is 59.4 Å². The topological polar surface area (TPSA) is 12.0 Å². The SMILES string of the molecule is CCCNC(c1ccccc1C)C1CCCC1(C)C. The van der Waals surface area contributed by atoms with Crippen molar-refractivity contribution in [3.63, 3.8) is 0 Å². The summed E-state index contributed by atoms with van der Waals surface area (Å²) < 4.78 is 0. The molecule has 0 aromatic heterocycles. The molecule has 1 aliphatic carbocycles. The lowest BCUT2D eigenvalue weighted by molar-refractivity contribution is 0.197. The van der Waals surface area contributed by atoms with Crippen LogP contribution in [-0.4, -0.2) is 6.54 Å². The standard InChI is InChI=1S/C18H29N/c1-5-13-19-17(15-10-7-6-9-14(15)2)16-11-8-12-18(16,3)4/h6-7,9-10,16-17,19H,5,8,11-13H2,1-4H3. The van der Waals surface area contributed by atoms with E-state index in [9.17, 15) is 0 Å². The molecule has 0 spiro atoms. The summed E-state index contributed by atoms with van der Waals surface area (Å²) in [5.41, 5.74) is 3.41. The summed E-state index contributed by atoms with van der Waals surface area (Å²) in [6.45, 7) is 10.5. The lowest BCUT2D eigenvalue weighted by Crippen LogP contribution is -2.34. The molecular weight excluding hydrogens is 230 g/mol. The Hall–Kier alpha value is -0.820. The third kappa shape index (κ3) is 3.20. The van der Waals surface area contributed by atoms with Crippen LogP contribution < -0.4 is 5.32 Å². The first-order valence-corrected chi connectivity index (χ1v) is 7.85. The second kappa shape index (κ2) is 6.09. The van der Waals surface area contributed by atoms with Gasteiger partial charge in [0.15, 0.2) is 0 Å². The van der Waals surface area contributed by atoms with Crippen LogP contribution in [0.5, 0.6) is 0 Å². The van der Waals surface area contributed by atoms with E-state index >= 15 is 0 Å². The van der Waals surface area contributed by atoms with Crippen molar-refractivity contribution in [3.8, 4) is 0 Å². The molecule has 106 valence electrons. The number of benzene rings is 1. The van der Waals surface area contributed by atoms with Crippen LogP contribution in [0.15, 0.2) is 24.3 Å². The molecule has 1 fully saturated rings. The van der Waals surface area contributed by atoms with Gasteiger partial charge in [0, 0.05) is 6.04 Å². The van der Waals surface area contributed by atoms with Gasteiger partial charge in [0.2, 0.25) is 0 Å². The van der Waals surface area contributed by atoms with Crippen molar-refractivity contribution in [2.75, 3.05) is 6.54 Å². The van der Waals surface area contributed by atoms with Gasteiger partial charge >= 0.3 is 0 Å². The van der Waals surface area contributed by atoms with E-state index in [4.69, 9.17) is 0 Å². The first-order chi connectivity index (χ1) is 9.06. The number of rotatable bonds is 5. The molecule has 1 heteroatoms. The van der Waals surface area contributed by atoms with Gasteiger partial charge in [-0.3, -0.25) is 0 Å². The van der Waals surface area contributed by atoms with Gasteiger partial charge < -0.3 is 5.32 Å². The molecule has 1 saturated carbocycles. The summed E-state index contributed by atoms with van der Waals surface area (Å²) in [7, 11) is 0. The number of hydrogen-bond acceptors (Lipinski definition) is 1. The summed E-state index contributed by atoms with van der Waals surface area (Å²) >= 11 is 0. The third-order valence-corrected chi connectivity index (χ3v) is 4.88. The van der Waals surface area contributed by atoms with Gasteiger partial charge in [-0.25, -0.2) is 0 Å². The monoisotopic (exact) mass is 259 g/mol. The quantitative estimate of drug-likeness (QED) is 0.796. The molecule has 0 radical (unpaired) electrons. The van der Waals surface area contributed by atoms with Crippen LogP contribution in [0.3, 0.4) is 0 Å². The molecular formula is C18H29N. The van der Waals surface area contributed by atoms with E-state index < -0.39 is 0 Å². The van der Waals surface area contributed by atoms with Crippen molar-refractivity contribution < 1.29 is 0 Å². The van der Waals surface area contributed by atoms with E-state index in [1.165, 1.54) is 36.8 Å². The summed E-state index contributed by atoms with van der Waals surface area (Å²) in [4.78, 5) is 0. The molecule has 0 heterocycles. The zero-order valence-electron chi connectivity index (χ0n) is 13.0. The Morgan fingerprint density at radius 2 is 2.05 bits per heavy atom. The fraction of sp³-hybridized carbons (Fsp3) is 0.667.